The number of hydrogen-bond acceptors (Lipinski definition) is 4. The van der Waals surface area contributed by atoms with Crippen molar-refractivity contribution >= 4 is 38.3 Å². The van der Waals surface area contributed by atoms with Crippen molar-refractivity contribution < 1.29 is 13.2 Å². The molecule has 9 heteroatoms. The zero-order valence-electron chi connectivity index (χ0n) is 19.4. The van der Waals surface area contributed by atoms with Crippen molar-refractivity contribution in [1.29, 1.82) is 0 Å². The maximum Gasteiger partial charge on any atom is 0.328 e. The Morgan fingerprint density at radius 2 is 1.62 bits per heavy atom. The molecule has 34 heavy (non-hydrogen) atoms. The molecule has 0 spiro atoms. The summed E-state index contributed by atoms with van der Waals surface area (Å²) in [6.45, 7) is 2.06. The van der Waals surface area contributed by atoms with Crippen LogP contribution in [-0.4, -0.2) is 29.7 Å². The number of aromatic nitrogens is 2. The Kier molecular flexibility index (Phi) is 6.05. The highest BCUT2D eigenvalue weighted by Crippen LogP contribution is 2.22. The number of sulfonamides is 1. The van der Waals surface area contributed by atoms with Gasteiger partial charge in [-0.15, -0.1) is 0 Å². The number of fused-ring (bicyclic) bond motifs is 1. The largest absolute Gasteiger partial charge is 0.328 e. The topological polar surface area (TPSA) is 93.4 Å². The molecule has 176 valence electrons. The predicted octanol–water partition coefficient (Wildman–Crippen LogP) is 3.40. The summed E-state index contributed by atoms with van der Waals surface area (Å²) in [5, 5.41) is 2.85. The second-order valence-electron chi connectivity index (χ2n) is 8.36. The van der Waals surface area contributed by atoms with E-state index in [-0.39, 0.29) is 18.1 Å². The predicted molar refractivity (Wildman–Crippen MR) is 135 cm³/mol. The van der Waals surface area contributed by atoms with Gasteiger partial charge in [-0.05, 0) is 60.5 Å². The maximum absolute atomic E-state index is 12.8. The van der Waals surface area contributed by atoms with Gasteiger partial charge >= 0.3 is 5.69 Å². The fourth-order valence-corrected chi connectivity index (χ4v) is 4.78. The molecule has 0 aliphatic heterocycles. The van der Waals surface area contributed by atoms with Gasteiger partial charge in [0.15, 0.2) is 0 Å². The van der Waals surface area contributed by atoms with E-state index in [4.69, 9.17) is 0 Å². The highest BCUT2D eigenvalue weighted by molar-refractivity contribution is 7.92. The first-order valence-electron chi connectivity index (χ1n) is 10.6. The summed E-state index contributed by atoms with van der Waals surface area (Å²) in [6.07, 6.45) is 1.18. The molecule has 0 fully saturated rings. The molecular formula is C25H26N4O4S. The van der Waals surface area contributed by atoms with E-state index in [2.05, 4.69) is 5.32 Å². The molecule has 0 unspecified atom stereocenters. The van der Waals surface area contributed by atoms with Crippen molar-refractivity contribution in [2.45, 2.75) is 13.5 Å². The monoisotopic (exact) mass is 478 g/mol. The number of aryl methyl sites for hydroxylation is 3. The van der Waals surface area contributed by atoms with Crippen LogP contribution in [0.2, 0.25) is 0 Å². The van der Waals surface area contributed by atoms with Crippen molar-refractivity contribution in [2.24, 2.45) is 14.1 Å². The van der Waals surface area contributed by atoms with Crippen molar-refractivity contribution in [3.8, 4) is 0 Å². The van der Waals surface area contributed by atoms with Crippen LogP contribution in [0, 0.1) is 6.92 Å². The number of imidazole rings is 1. The van der Waals surface area contributed by atoms with Crippen LogP contribution in [0.1, 0.15) is 21.5 Å². The van der Waals surface area contributed by atoms with Gasteiger partial charge in [0.25, 0.3) is 5.91 Å². The highest BCUT2D eigenvalue weighted by Gasteiger charge is 2.18. The second-order valence-corrected chi connectivity index (χ2v) is 10.3. The molecule has 1 N–H and O–H groups in total. The van der Waals surface area contributed by atoms with Gasteiger partial charge in [0.05, 0.1) is 29.5 Å². The van der Waals surface area contributed by atoms with Crippen LogP contribution in [0.4, 0.5) is 11.4 Å². The van der Waals surface area contributed by atoms with E-state index in [0.717, 1.165) is 22.2 Å². The molecule has 3 aromatic carbocycles. The molecule has 0 bridgehead atoms. The molecule has 0 saturated carbocycles. The van der Waals surface area contributed by atoms with Gasteiger partial charge < -0.3 is 5.32 Å². The molecule has 4 rings (SSSR count). The van der Waals surface area contributed by atoms with Crippen LogP contribution in [0.3, 0.4) is 0 Å². The van der Waals surface area contributed by atoms with E-state index in [9.17, 15) is 18.0 Å². The number of anilines is 2. The number of carbonyl (C=O) groups excluding carboxylic acids is 1. The lowest BCUT2D eigenvalue weighted by molar-refractivity contribution is 0.102. The lowest BCUT2D eigenvalue weighted by atomic mass is 10.1. The van der Waals surface area contributed by atoms with Gasteiger partial charge in [-0.2, -0.15) is 0 Å². The molecule has 0 aliphatic rings. The van der Waals surface area contributed by atoms with Crippen molar-refractivity contribution in [2.75, 3.05) is 15.9 Å². The smallest absolute Gasteiger partial charge is 0.322 e. The van der Waals surface area contributed by atoms with Gasteiger partial charge in [0.2, 0.25) is 10.0 Å². The van der Waals surface area contributed by atoms with Crippen molar-refractivity contribution in [1.82, 2.24) is 9.13 Å². The first kappa shape index (κ1) is 23.3. The Balaban J connectivity index is 1.53. The third kappa shape index (κ3) is 4.60. The first-order valence-corrected chi connectivity index (χ1v) is 12.5. The number of amides is 1. The summed E-state index contributed by atoms with van der Waals surface area (Å²) in [7, 11) is -0.106. The van der Waals surface area contributed by atoms with Crippen molar-refractivity contribution in [3.63, 3.8) is 0 Å². The number of carbonyl (C=O) groups is 1. The van der Waals surface area contributed by atoms with Gasteiger partial charge in [-0.1, -0.05) is 24.3 Å². The van der Waals surface area contributed by atoms with Gasteiger partial charge in [-0.3, -0.25) is 18.2 Å². The Hall–Kier alpha value is -3.85. The Morgan fingerprint density at radius 3 is 2.26 bits per heavy atom. The van der Waals surface area contributed by atoms with Crippen molar-refractivity contribution in [3.05, 3.63) is 93.9 Å². The number of nitrogens with one attached hydrogen (secondary N) is 1. The van der Waals surface area contributed by atoms with Crippen LogP contribution in [0.15, 0.2) is 71.5 Å². The minimum Gasteiger partial charge on any atom is -0.322 e. The quantitative estimate of drug-likeness (QED) is 0.460. The van der Waals surface area contributed by atoms with Crippen LogP contribution < -0.4 is 15.3 Å². The Morgan fingerprint density at radius 1 is 0.941 bits per heavy atom. The SMILES string of the molecule is Cc1cccc(N(Cc2ccc(C(=O)Nc3ccc4c(c3)n(C)c(=O)n4C)cc2)S(C)(=O)=O)c1. The number of benzene rings is 3. The zero-order chi connectivity index (χ0) is 24.6. The van der Waals surface area contributed by atoms with E-state index in [0.29, 0.717) is 16.9 Å². The third-order valence-electron chi connectivity index (χ3n) is 5.76. The summed E-state index contributed by atoms with van der Waals surface area (Å²) >= 11 is 0. The van der Waals surface area contributed by atoms with E-state index in [1.807, 2.05) is 25.1 Å². The zero-order valence-corrected chi connectivity index (χ0v) is 20.3. The Bertz CT molecular complexity index is 1550. The fraction of sp³-hybridized carbons (Fsp3) is 0.200. The summed E-state index contributed by atoms with van der Waals surface area (Å²) < 4.78 is 29.2. The lowest BCUT2D eigenvalue weighted by Crippen LogP contribution is -2.29. The van der Waals surface area contributed by atoms with Gasteiger partial charge in [-0.25, -0.2) is 13.2 Å². The summed E-state index contributed by atoms with van der Waals surface area (Å²) in [5.74, 6) is -0.300. The fourth-order valence-electron chi connectivity index (χ4n) is 3.90. The van der Waals surface area contributed by atoms with Crippen LogP contribution in [-0.2, 0) is 30.7 Å². The molecule has 0 atom stereocenters. The number of rotatable bonds is 6. The van der Waals surface area contributed by atoms with Gasteiger partial charge in [0, 0.05) is 25.3 Å². The van der Waals surface area contributed by atoms with Crippen LogP contribution in [0.5, 0.6) is 0 Å². The average Bonchev–Trinajstić information content (AvgIpc) is 3.00. The second kappa shape index (κ2) is 8.83. The Labute approximate surface area is 198 Å². The molecular weight excluding hydrogens is 452 g/mol. The summed E-state index contributed by atoms with van der Waals surface area (Å²) in [5.41, 5.74) is 4.68. The molecule has 8 nitrogen and oxygen atoms in total. The van der Waals surface area contributed by atoms with Crippen LogP contribution >= 0.6 is 0 Å². The lowest BCUT2D eigenvalue weighted by Gasteiger charge is -2.23. The van der Waals surface area contributed by atoms with E-state index < -0.39 is 10.0 Å². The molecule has 0 aliphatic carbocycles. The molecule has 0 radical (unpaired) electrons. The summed E-state index contributed by atoms with van der Waals surface area (Å²) in [4.78, 5) is 24.9. The standard InChI is InChI=1S/C25H26N4O4S/c1-17-6-5-7-21(14-17)29(34(4,32)33)16-18-8-10-19(11-9-18)24(30)26-20-12-13-22-23(15-20)28(3)25(31)27(22)2/h5-15H,16H2,1-4H3,(H,26,30). The number of hydrogen-bond donors (Lipinski definition) is 1. The minimum atomic E-state index is -3.49. The number of nitrogens with zero attached hydrogens (tertiary/aromatic N) is 3. The average molecular weight is 479 g/mol. The summed E-state index contributed by atoms with van der Waals surface area (Å²) in [6, 6.07) is 19.4. The molecule has 1 aromatic heterocycles. The molecule has 1 heterocycles. The van der Waals surface area contributed by atoms with E-state index in [1.54, 1.807) is 67.2 Å². The third-order valence-corrected chi connectivity index (χ3v) is 6.90. The molecule has 0 saturated heterocycles. The molecule has 1 amide bonds. The van der Waals surface area contributed by atoms with Crippen LogP contribution in [0.25, 0.3) is 11.0 Å². The maximum atomic E-state index is 12.8. The van der Waals surface area contributed by atoms with Gasteiger partial charge in [0.1, 0.15) is 0 Å². The van der Waals surface area contributed by atoms with E-state index >= 15 is 0 Å². The first-order chi connectivity index (χ1) is 16.0. The minimum absolute atomic E-state index is 0.136. The highest BCUT2D eigenvalue weighted by atomic mass is 32.2. The van der Waals surface area contributed by atoms with E-state index in [1.165, 1.54) is 15.1 Å². The molecule has 4 aromatic rings. The normalized spacial score (nSPS) is 11.5.